The zero-order chi connectivity index (χ0) is 27.5. The Morgan fingerprint density at radius 1 is 0.974 bits per heavy atom. The smallest absolute Gasteiger partial charge is 0.309 e. The number of amides is 1. The van der Waals surface area contributed by atoms with E-state index in [1.807, 2.05) is 30.1 Å². The molecule has 0 aromatic heterocycles. The third-order valence-electron chi connectivity index (χ3n) is 7.45. The van der Waals surface area contributed by atoms with Crippen LogP contribution in [0.25, 0.3) is 0 Å². The van der Waals surface area contributed by atoms with Crippen LogP contribution in [0.2, 0.25) is 0 Å². The van der Waals surface area contributed by atoms with Crippen LogP contribution in [-0.2, 0) is 16.0 Å². The second-order valence-electron chi connectivity index (χ2n) is 10.3. The Morgan fingerprint density at radius 3 is 2.18 bits per heavy atom. The predicted molar refractivity (Wildman–Crippen MR) is 150 cm³/mol. The van der Waals surface area contributed by atoms with Crippen molar-refractivity contribution in [3.63, 3.8) is 0 Å². The Balaban J connectivity index is 0.000000310. The van der Waals surface area contributed by atoms with Crippen molar-refractivity contribution in [2.45, 2.75) is 71.3 Å². The van der Waals surface area contributed by atoms with Crippen molar-refractivity contribution in [1.82, 2.24) is 9.80 Å². The zero-order valence-corrected chi connectivity index (χ0v) is 23.4. The summed E-state index contributed by atoms with van der Waals surface area (Å²) in [6.45, 7) is 9.22. The number of fused-ring (bicyclic) bond motifs is 1. The molecule has 2 aliphatic rings. The van der Waals surface area contributed by atoms with Gasteiger partial charge in [-0.1, -0.05) is 70.4 Å². The van der Waals surface area contributed by atoms with Gasteiger partial charge in [-0.25, -0.2) is 0 Å². The Hall–Kier alpha value is -3.06. The molecule has 2 heterocycles. The van der Waals surface area contributed by atoms with Gasteiger partial charge >= 0.3 is 5.97 Å². The van der Waals surface area contributed by atoms with Gasteiger partial charge in [0.15, 0.2) is 11.5 Å². The first-order valence-corrected chi connectivity index (χ1v) is 14.0. The van der Waals surface area contributed by atoms with E-state index >= 15 is 0 Å². The highest BCUT2D eigenvalue weighted by Gasteiger charge is 2.46. The lowest BCUT2D eigenvalue weighted by atomic mass is 9.82. The maximum atomic E-state index is 12.2. The van der Waals surface area contributed by atoms with E-state index < -0.39 is 11.9 Å². The number of rotatable bonds is 12. The number of aliphatic carboxylic acids is 1. The Kier molecular flexibility index (Phi) is 11.5. The molecule has 3 unspecified atom stereocenters. The molecule has 208 valence electrons. The van der Waals surface area contributed by atoms with Crippen LogP contribution in [0.5, 0.6) is 11.5 Å². The number of likely N-dealkylation sites (N-methyl/N-ethyl adjacent to an activating group) is 1. The SMILES string of the molecule is CCCCN(C=O)CCCC.CCCc1ccc(C2C(C(=O)O)C(c3ccc4c(c3)OCO4)CN2C)cc1. The second-order valence-corrected chi connectivity index (χ2v) is 10.3. The molecule has 2 aliphatic heterocycles. The Morgan fingerprint density at radius 2 is 1.61 bits per heavy atom. The number of carboxylic acids is 1. The van der Waals surface area contributed by atoms with Gasteiger partial charge in [0.25, 0.3) is 0 Å². The molecular formula is C31H44N2O5. The van der Waals surface area contributed by atoms with Crippen molar-refractivity contribution in [3.8, 4) is 11.5 Å². The number of benzene rings is 2. The van der Waals surface area contributed by atoms with Gasteiger partial charge in [-0.15, -0.1) is 0 Å². The number of unbranched alkanes of at least 4 members (excludes halogenated alkanes) is 2. The minimum atomic E-state index is -0.760. The van der Waals surface area contributed by atoms with E-state index in [4.69, 9.17) is 9.47 Å². The summed E-state index contributed by atoms with van der Waals surface area (Å²) in [6, 6.07) is 14.1. The van der Waals surface area contributed by atoms with Gasteiger partial charge in [0.1, 0.15) is 0 Å². The third kappa shape index (κ3) is 7.50. The summed E-state index contributed by atoms with van der Waals surface area (Å²) in [7, 11) is 2.01. The molecule has 2 aromatic rings. The largest absolute Gasteiger partial charge is 0.481 e. The van der Waals surface area contributed by atoms with Gasteiger partial charge in [-0.2, -0.15) is 0 Å². The highest BCUT2D eigenvalue weighted by molar-refractivity contribution is 5.74. The summed E-state index contributed by atoms with van der Waals surface area (Å²) < 4.78 is 10.9. The molecule has 1 fully saturated rings. The van der Waals surface area contributed by atoms with Crippen LogP contribution in [0.3, 0.4) is 0 Å². The molecule has 0 saturated carbocycles. The summed E-state index contributed by atoms with van der Waals surface area (Å²) in [5.41, 5.74) is 3.35. The van der Waals surface area contributed by atoms with Crippen LogP contribution < -0.4 is 9.47 Å². The average Bonchev–Trinajstić information content (AvgIpc) is 3.53. The first-order valence-electron chi connectivity index (χ1n) is 14.0. The fourth-order valence-corrected chi connectivity index (χ4v) is 5.37. The molecule has 0 bridgehead atoms. The molecule has 38 heavy (non-hydrogen) atoms. The topological polar surface area (TPSA) is 79.3 Å². The van der Waals surface area contributed by atoms with Gasteiger partial charge in [-0.3, -0.25) is 14.5 Å². The number of ether oxygens (including phenoxy) is 2. The predicted octanol–water partition coefficient (Wildman–Crippen LogP) is 5.88. The van der Waals surface area contributed by atoms with E-state index in [2.05, 4.69) is 49.9 Å². The summed E-state index contributed by atoms with van der Waals surface area (Å²) in [6.07, 6.45) is 7.69. The molecule has 0 spiro atoms. The quantitative estimate of drug-likeness (QED) is 0.349. The second kappa shape index (κ2) is 14.8. The van der Waals surface area contributed by atoms with Crippen LogP contribution in [0.15, 0.2) is 42.5 Å². The maximum absolute atomic E-state index is 12.2. The molecule has 0 radical (unpaired) electrons. The van der Waals surface area contributed by atoms with E-state index in [0.29, 0.717) is 12.3 Å². The van der Waals surface area contributed by atoms with E-state index in [1.54, 1.807) is 0 Å². The Labute approximate surface area is 227 Å². The third-order valence-corrected chi connectivity index (χ3v) is 7.45. The number of carboxylic acid groups (broad SMARTS) is 1. The zero-order valence-electron chi connectivity index (χ0n) is 23.4. The first-order chi connectivity index (χ1) is 18.4. The first kappa shape index (κ1) is 29.5. The summed E-state index contributed by atoms with van der Waals surface area (Å²) in [4.78, 5) is 26.7. The molecule has 0 aliphatic carbocycles. The van der Waals surface area contributed by atoms with Crippen molar-refractivity contribution in [1.29, 1.82) is 0 Å². The number of nitrogens with zero attached hydrogens (tertiary/aromatic N) is 2. The van der Waals surface area contributed by atoms with Crippen molar-refractivity contribution in [2.24, 2.45) is 5.92 Å². The lowest BCUT2D eigenvalue weighted by molar-refractivity contribution is -0.143. The Bertz CT molecular complexity index is 1020. The van der Waals surface area contributed by atoms with Crippen LogP contribution in [0.1, 0.15) is 81.5 Å². The minimum Gasteiger partial charge on any atom is -0.481 e. The minimum absolute atomic E-state index is 0.0951. The molecule has 7 heteroatoms. The van der Waals surface area contributed by atoms with Crippen LogP contribution >= 0.6 is 0 Å². The van der Waals surface area contributed by atoms with Crippen molar-refractivity contribution in [2.75, 3.05) is 33.5 Å². The number of aryl methyl sites for hydroxylation is 1. The van der Waals surface area contributed by atoms with Gasteiger partial charge in [-0.05, 0) is 55.1 Å². The molecule has 1 amide bonds. The monoisotopic (exact) mass is 524 g/mol. The number of hydrogen-bond donors (Lipinski definition) is 1. The summed E-state index contributed by atoms with van der Waals surface area (Å²) >= 11 is 0. The summed E-state index contributed by atoms with van der Waals surface area (Å²) in [5.74, 6) is 0.0612. The molecule has 4 rings (SSSR count). The van der Waals surface area contributed by atoms with Crippen molar-refractivity contribution < 1.29 is 24.2 Å². The van der Waals surface area contributed by atoms with Crippen LogP contribution in [0, 0.1) is 5.92 Å². The van der Waals surface area contributed by atoms with E-state index in [9.17, 15) is 14.7 Å². The fraction of sp³-hybridized carbons (Fsp3) is 0.548. The number of likely N-dealkylation sites (tertiary alicyclic amines) is 1. The average molecular weight is 525 g/mol. The lowest BCUT2D eigenvalue weighted by Gasteiger charge is -2.24. The summed E-state index contributed by atoms with van der Waals surface area (Å²) in [5, 5.41) is 10.0. The molecule has 1 N–H and O–H groups in total. The molecule has 7 nitrogen and oxygen atoms in total. The van der Waals surface area contributed by atoms with Crippen LogP contribution in [0.4, 0.5) is 0 Å². The molecule has 3 atom stereocenters. The lowest BCUT2D eigenvalue weighted by Crippen LogP contribution is -2.26. The standard InChI is InChI=1S/C22H25NO4.C9H19NO/c1-3-4-14-5-7-15(8-6-14)21-20(22(24)25)17(12-23(21)2)16-9-10-18-19(11-16)27-13-26-18;1-3-5-7-10(9-11)8-6-4-2/h5-11,17,20-21H,3-4,12-13H2,1-2H3,(H,24,25);9H,3-8H2,1-2H3. The molecular weight excluding hydrogens is 480 g/mol. The van der Waals surface area contributed by atoms with Crippen molar-refractivity contribution in [3.05, 3.63) is 59.2 Å². The van der Waals surface area contributed by atoms with Crippen LogP contribution in [-0.4, -0.2) is 60.8 Å². The van der Waals surface area contributed by atoms with Gasteiger partial charge in [0.2, 0.25) is 13.2 Å². The van der Waals surface area contributed by atoms with E-state index in [-0.39, 0.29) is 18.8 Å². The molecule has 1 saturated heterocycles. The maximum Gasteiger partial charge on any atom is 0.309 e. The highest BCUT2D eigenvalue weighted by atomic mass is 16.7. The van der Waals surface area contributed by atoms with Gasteiger partial charge in [0, 0.05) is 31.6 Å². The number of carbonyl (C=O) groups is 2. The van der Waals surface area contributed by atoms with E-state index in [1.165, 1.54) is 5.56 Å². The normalized spacial score (nSPS) is 20.1. The van der Waals surface area contributed by atoms with Gasteiger partial charge < -0.3 is 19.5 Å². The van der Waals surface area contributed by atoms with E-state index in [0.717, 1.165) is 74.9 Å². The van der Waals surface area contributed by atoms with Crippen molar-refractivity contribution >= 4 is 12.4 Å². The van der Waals surface area contributed by atoms with Gasteiger partial charge in [0.05, 0.1) is 5.92 Å². The fourth-order valence-electron chi connectivity index (χ4n) is 5.37. The highest BCUT2D eigenvalue weighted by Crippen LogP contribution is 2.46. The molecule has 2 aromatic carbocycles. The number of carbonyl (C=O) groups excluding carboxylic acids is 1. The number of hydrogen-bond acceptors (Lipinski definition) is 5.